The molecule has 3 heterocycles. The molecule has 0 amide bonds. The number of aryl methyl sites for hydroxylation is 1. The third-order valence-electron chi connectivity index (χ3n) is 6.04. The second-order valence-electron chi connectivity index (χ2n) is 8.68. The fourth-order valence-corrected chi connectivity index (χ4v) is 4.42. The number of H-pyrrole nitrogens is 1. The molecule has 36 heavy (non-hydrogen) atoms. The molecular weight excluding hydrogens is 474 g/mol. The molecule has 0 spiro atoms. The van der Waals surface area contributed by atoms with Gasteiger partial charge < -0.3 is 19.9 Å². The normalized spacial score (nSPS) is 15.7. The number of likely N-dealkylation sites (N-methyl/N-ethyl adjacent to an activating group) is 1. The van der Waals surface area contributed by atoms with E-state index in [4.69, 9.17) is 21.3 Å². The van der Waals surface area contributed by atoms with Gasteiger partial charge in [-0.05, 0) is 45.2 Å². The second kappa shape index (κ2) is 12.1. The van der Waals surface area contributed by atoms with Crippen LogP contribution in [0.2, 0.25) is 5.02 Å². The molecule has 1 aliphatic heterocycles. The molecule has 0 aliphatic carbocycles. The van der Waals surface area contributed by atoms with E-state index in [9.17, 15) is 0 Å². The van der Waals surface area contributed by atoms with Crippen LogP contribution in [0.4, 0.5) is 11.6 Å². The van der Waals surface area contributed by atoms with Gasteiger partial charge in [0.2, 0.25) is 0 Å². The number of nitrogens with one attached hydrogen (secondary N) is 3. The van der Waals surface area contributed by atoms with Crippen LogP contribution in [0.5, 0.6) is 11.8 Å². The zero-order valence-electron chi connectivity index (χ0n) is 21.1. The van der Waals surface area contributed by atoms with Gasteiger partial charge in [0.15, 0.2) is 0 Å². The van der Waals surface area contributed by atoms with Gasteiger partial charge in [0, 0.05) is 55.4 Å². The number of piperazine rings is 1. The summed E-state index contributed by atoms with van der Waals surface area (Å²) >= 11 is 6.69. The Balaban J connectivity index is 1.63. The molecular formula is C27H34ClN7O. The SMILES string of the molecule is C=CCN1CCN(c2cc(NC(C=CC=CC)NC)nc(Oc3ccc4[nH]c(C)cc4c3Cl)n2)CC1. The van der Waals surface area contributed by atoms with E-state index < -0.39 is 0 Å². The van der Waals surface area contributed by atoms with Crippen molar-refractivity contribution in [3.05, 3.63) is 71.9 Å². The summed E-state index contributed by atoms with van der Waals surface area (Å²) in [5.41, 5.74) is 2.00. The van der Waals surface area contributed by atoms with Gasteiger partial charge in [-0.25, -0.2) is 0 Å². The van der Waals surface area contributed by atoms with Crippen LogP contribution in [0.15, 0.2) is 61.2 Å². The maximum atomic E-state index is 6.69. The number of allylic oxidation sites excluding steroid dienone is 3. The summed E-state index contributed by atoms with van der Waals surface area (Å²) in [4.78, 5) is 17.3. The Morgan fingerprint density at radius 2 is 2.00 bits per heavy atom. The van der Waals surface area contributed by atoms with Crippen molar-refractivity contribution in [1.29, 1.82) is 0 Å². The fourth-order valence-electron chi connectivity index (χ4n) is 4.16. The molecule has 8 nitrogen and oxygen atoms in total. The Morgan fingerprint density at radius 1 is 1.19 bits per heavy atom. The number of halogens is 1. The average molecular weight is 508 g/mol. The van der Waals surface area contributed by atoms with Crippen molar-refractivity contribution < 1.29 is 4.74 Å². The fraction of sp³-hybridized carbons (Fsp3) is 0.333. The lowest BCUT2D eigenvalue weighted by Crippen LogP contribution is -2.46. The molecule has 1 saturated heterocycles. The van der Waals surface area contributed by atoms with Crippen LogP contribution < -0.4 is 20.3 Å². The van der Waals surface area contributed by atoms with Crippen molar-refractivity contribution in [3.8, 4) is 11.8 Å². The monoisotopic (exact) mass is 507 g/mol. The van der Waals surface area contributed by atoms with Gasteiger partial charge in [0.05, 0.1) is 11.2 Å². The summed E-state index contributed by atoms with van der Waals surface area (Å²) in [5.74, 6) is 1.98. The largest absolute Gasteiger partial charge is 0.423 e. The van der Waals surface area contributed by atoms with E-state index in [1.165, 1.54) is 0 Å². The van der Waals surface area contributed by atoms with Crippen molar-refractivity contribution in [2.45, 2.75) is 20.0 Å². The van der Waals surface area contributed by atoms with Gasteiger partial charge >= 0.3 is 6.01 Å². The van der Waals surface area contributed by atoms with Crippen molar-refractivity contribution in [2.75, 3.05) is 50.0 Å². The number of hydrogen-bond donors (Lipinski definition) is 3. The van der Waals surface area contributed by atoms with Gasteiger partial charge in [-0.15, -0.1) is 6.58 Å². The summed E-state index contributed by atoms with van der Waals surface area (Å²) in [6.45, 7) is 12.3. The molecule has 0 radical (unpaired) electrons. The number of nitrogens with zero attached hydrogens (tertiary/aromatic N) is 4. The van der Waals surface area contributed by atoms with Crippen molar-refractivity contribution in [2.24, 2.45) is 0 Å². The van der Waals surface area contributed by atoms with Gasteiger partial charge in [0.25, 0.3) is 0 Å². The topological polar surface area (TPSA) is 81.3 Å². The zero-order chi connectivity index (χ0) is 25.5. The Kier molecular flexibility index (Phi) is 8.64. The molecule has 9 heteroatoms. The lowest BCUT2D eigenvalue weighted by molar-refractivity contribution is 0.283. The molecule has 0 saturated carbocycles. The van der Waals surface area contributed by atoms with E-state index in [1.54, 1.807) is 0 Å². The van der Waals surface area contributed by atoms with Crippen LogP contribution in [0.25, 0.3) is 10.9 Å². The second-order valence-corrected chi connectivity index (χ2v) is 9.06. The van der Waals surface area contributed by atoms with E-state index in [0.29, 0.717) is 16.6 Å². The highest BCUT2D eigenvalue weighted by Gasteiger charge is 2.20. The molecule has 1 atom stereocenters. The first-order chi connectivity index (χ1) is 17.5. The molecule has 4 rings (SSSR count). The predicted molar refractivity (Wildman–Crippen MR) is 149 cm³/mol. The van der Waals surface area contributed by atoms with Gasteiger partial charge in [-0.2, -0.15) is 9.97 Å². The first kappa shape index (κ1) is 25.8. The summed E-state index contributed by atoms with van der Waals surface area (Å²) in [7, 11) is 1.89. The van der Waals surface area contributed by atoms with Crippen molar-refractivity contribution in [1.82, 2.24) is 25.2 Å². The van der Waals surface area contributed by atoms with Crippen LogP contribution in [-0.2, 0) is 0 Å². The molecule has 3 aromatic rings. The Labute approximate surface area is 217 Å². The number of ether oxygens (including phenoxy) is 1. The van der Waals surface area contributed by atoms with E-state index in [0.717, 1.165) is 55.1 Å². The van der Waals surface area contributed by atoms with Crippen LogP contribution in [0, 0.1) is 6.92 Å². The van der Waals surface area contributed by atoms with Gasteiger partial charge in [0.1, 0.15) is 17.4 Å². The molecule has 1 aliphatic rings. The summed E-state index contributed by atoms with van der Waals surface area (Å²) in [6, 6.07) is 8.00. The number of rotatable bonds is 10. The predicted octanol–water partition coefficient (Wildman–Crippen LogP) is 5.11. The Morgan fingerprint density at radius 3 is 2.72 bits per heavy atom. The van der Waals surface area contributed by atoms with E-state index in [2.05, 4.69) is 37.0 Å². The molecule has 2 aromatic heterocycles. The number of aromatic nitrogens is 3. The van der Waals surface area contributed by atoms with E-state index >= 15 is 0 Å². The van der Waals surface area contributed by atoms with Crippen LogP contribution >= 0.6 is 11.6 Å². The number of aromatic amines is 1. The maximum absolute atomic E-state index is 6.69. The minimum Gasteiger partial charge on any atom is -0.423 e. The van der Waals surface area contributed by atoms with Crippen LogP contribution in [0.3, 0.4) is 0 Å². The molecule has 1 aromatic carbocycles. The molecule has 1 fully saturated rings. The molecule has 0 bridgehead atoms. The first-order valence-electron chi connectivity index (χ1n) is 12.2. The number of anilines is 2. The smallest absolute Gasteiger partial charge is 0.325 e. The third-order valence-corrected chi connectivity index (χ3v) is 6.43. The van der Waals surface area contributed by atoms with Crippen molar-refractivity contribution >= 4 is 34.1 Å². The maximum Gasteiger partial charge on any atom is 0.325 e. The minimum atomic E-state index is -0.121. The molecule has 1 unspecified atom stereocenters. The number of fused-ring (bicyclic) bond motifs is 1. The quantitative estimate of drug-likeness (QED) is 0.200. The lowest BCUT2D eigenvalue weighted by Gasteiger charge is -2.35. The lowest BCUT2D eigenvalue weighted by atomic mass is 10.2. The molecule has 190 valence electrons. The summed E-state index contributed by atoms with van der Waals surface area (Å²) < 4.78 is 6.16. The van der Waals surface area contributed by atoms with Crippen LogP contribution in [-0.4, -0.2) is 65.8 Å². The highest BCUT2D eigenvalue weighted by atomic mass is 35.5. The zero-order valence-corrected chi connectivity index (χ0v) is 21.8. The Bertz CT molecular complexity index is 1240. The van der Waals surface area contributed by atoms with E-state index in [1.807, 2.05) is 75.5 Å². The summed E-state index contributed by atoms with van der Waals surface area (Å²) in [5, 5.41) is 8.10. The number of hydrogen-bond acceptors (Lipinski definition) is 7. The highest BCUT2D eigenvalue weighted by Crippen LogP contribution is 2.36. The summed E-state index contributed by atoms with van der Waals surface area (Å²) in [6.07, 6.45) is 9.80. The van der Waals surface area contributed by atoms with Crippen LogP contribution in [0.1, 0.15) is 12.6 Å². The number of benzene rings is 1. The molecule has 3 N–H and O–H groups in total. The van der Waals surface area contributed by atoms with Gasteiger partial charge in [-0.1, -0.05) is 35.9 Å². The highest BCUT2D eigenvalue weighted by molar-refractivity contribution is 6.37. The van der Waals surface area contributed by atoms with Crippen molar-refractivity contribution in [3.63, 3.8) is 0 Å². The standard InChI is InChI=1S/C27H34ClN7O/c1-5-7-8-9-23(29-4)31-24-18-25(35-15-13-34(12-6-2)14-16-35)33-27(32-24)36-22-11-10-21-20(26(22)28)17-19(3)30-21/h5-11,17-18,23,29-30H,2,12-16H2,1,3-4H3,(H,31,32,33). The first-order valence-corrected chi connectivity index (χ1v) is 12.5. The Hall–Kier alpha value is -3.33. The van der Waals surface area contributed by atoms with Gasteiger partial charge in [-0.3, -0.25) is 10.2 Å². The average Bonchev–Trinajstić information content (AvgIpc) is 3.27. The van der Waals surface area contributed by atoms with E-state index in [-0.39, 0.29) is 12.2 Å². The minimum absolute atomic E-state index is 0.121. The third kappa shape index (κ3) is 6.26.